The molecular weight excluding hydrogens is 494 g/mol. The number of allylic oxidation sites excluding steroid dienone is 1. The van der Waals surface area contributed by atoms with E-state index in [1.807, 2.05) is 65.1 Å². The number of likely N-dealkylation sites (tertiary alicyclic amines) is 1. The van der Waals surface area contributed by atoms with Crippen LogP contribution < -0.4 is 4.74 Å². The Bertz CT molecular complexity index is 992. The van der Waals surface area contributed by atoms with E-state index >= 15 is 0 Å². The topological polar surface area (TPSA) is 66.8 Å². The Hall–Kier alpha value is -2.73. The van der Waals surface area contributed by atoms with Crippen LogP contribution in [0.5, 0.6) is 5.75 Å². The van der Waals surface area contributed by atoms with Crippen molar-refractivity contribution in [2.75, 3.05) is 19.3 Å². The first-order chi connectivity index (χ1) is 17.9. The minimum atomic E-state index is -1.23. The van der Waals surface area contributed by atoms with Crippen molar-refractivity contribution < 1.29 is 19.4 Å². The molecule has 1 atom stereocenters. The molecule has 0 spiro atoms. The van der Waals surface area contributed by atoms with Gasteiger partial charge in [0.1, 0.15) is 12.0 Å². The zero-order valence-electron chi connectivity index (χ0n) is 25.2. The SMILES string of the molecule is C=C(C)N1CCC(c2cc(C)c(OC(C)(C)C(=O)O)c(C)c2)C1.CC.CCC.CSc1ccc(C=O)cc1. The predicted molar refractivity (Wildman–Crippen MR) is 163 cm³/mol. The molecule has 0 aliphatic carbocycles. The molecule has 0 radical (unpaired) electrons. The molecule has 2 aromatic rings. The Labute approximate surface area is 235 Å². The van der Waals surface area contributed by atoms with Gasteiger partial charge >= 0.3 is 5.97 Å². The van der Waals surface area contributed by atoms with E-state index in [1.165, 1.54) is 16.9 Å². The Balaban J connectivity index is 0.000000756. The Kier molecular flexibility index (Phi) is 16.4. The molecule has 1 unspecified atom stereocenters. The number of ether oxygens (including phenoxy) is 1. The monoisotopic (exact) mass is 543 g/mol. The molecule has 1 N–H and O–H groups in total. The number of carbonyl (C=O) groups is 2. The summed E-state index contributed by atoms with van der Waals surface area (Å²) in [4.78, 5) is 25.0. The second-order valence-electron chi connectivity index (χ2n) is 9.67. The van der Waals surface area contributed by atoms with Gasteiger partial charge in [-0.3, -0.25) is 4.79 Å². The highest BCUT2D eigenvalue weighted by Gasteiger charge is 2.31. The predicted octanol–water partition coefficient (Wildman–Crippen LogP) is 8.53. The highest BCUT2D eigenvalue weighted by molar-refractivity contribution is 7.98. The maximum Gasteiger partial charge on any atom is 0.347 e. The van der Waals surface area contributed by atoms with Crippen LogP contribution in [-0.4, -0.2) is 47.2 Å². The summed E-state index contributed by atoms with van der Waals surface area (Å²) >= 11 is 1.67. The zero-order chi connectivity index (χ0) is 29.5. The van der Waals surface area contributed by atoms with Crippen molar-refractivity contribution in [1.29, 1.82) is 0 Å². The first-order valence-electron chi connectivity index (χ1n) is 13.4. The van der Waals surface area contributed by atoms with Gasteiger partial charge in [0.25, 0.3) is 0 Å². The summed E-state index contributed by atoms with van der Waals surface area (Å²) in [5.41, 5.74) is 3.89. The summed E-state index contributed by atoms with van der Waals surface area (Å²) in [7, 11) is 0. The van der Waals surface area contributed by atoms with E-state index in [9.17, 15) is 14.7 Å². The summed E-state index contributed by atoms with van der Waals surface area (Å²) in [5.74, 6) is 0.204. The Morgan fingerprint density at radius 2 is 1.66 bits per heavy atom. The van der Waals surface area contributed by atoms with Crippen LogP contribution in [0.2, 0.25) is 0 Å². The molecule has 0 saturated carbocycles. The smallest absolute Gasteiger partial charge is 0.347 e. The lowest BCUT2D eigenvalue weighted by molar-refractivity contribution is -0.152. The Morgan fingerprint density at radius 1 is 1.16 bits per heavy atom. The first-order valence-corrected chi connectivity index (χ1v) is 14.7. The summed E-state index contributed by atoms with van der Waals surface area (Å²) in [5, 5.41) is 9.25. The van der Waals surface area contributed by atoms with Crippen LogP contribution in [0.15, 0.2) is 53.6 Å². The molecule has 1 saturated heterocycles. The standard InChI is InChI=1S/C19H27NO3.C8H8OS.C3H8.C2H6/c1-12(2)20-8-7-15(11-20)16-9-13(3)17(14(4)10-16)23-19(5,6)18(21)22;1-10-8-4-2-7(6-9)3-5-8;1-3-2;1-2/h9-10,15H,1,7-8,11H2,2-6H3,(H,21,22);2-6H,1H3;3H2,1-2H3;1-2H3. The molecule has 38 heavy (non-hydrogen) atoms. The number of thioether (sulfide) groups is 1. The average molecular weight is 544 g/mol. The molecule has 212 valence electrons. The van der Waals surface area contributed by atoms with Gasteiger partial charge in [-0.2, -0.15) is 0 Å². The third-order valence-electron chi connectivity index (χ3n) is 5.81. The third kappa shape index (κ3) is 11.3. The van der Waals surface area contributed by atoms with Gasteiger partial charge in [-0.1, -0.05) is 65.0 Å². The van der Waals surface area contributed by atoms with Gasteiger partial charge in [0.2, 0.25) is 0 Å². The lowest BCUT2D eigenvalue weighted by Crippen LogP contribution is -2.38. The number of hydrogen-bond donors (Lipinski definition) is 1. The average Bonchev–Trinajstić information content (AvgIpc) is 3.39. The van der Waals surface area contributed by atoms with Crippen LogP contribution in [0.3, 0.4) is 0 Å². The molecule has 5 nitrogen and oxygen atoms in total. The molecule has 1 fully saturated rings. The van der Waals surface area contributed by atoms with Crippen molar-refractivity contribution in [3.63, 3.8) is 0 Å². The van der Waals surface area contributed by atoms with Crippen LogP contribution in [0.25, 0.3) is 0 Å². The summed E-state index contributed by atoms with van der Waals surface area (Å²) in [6, 6.07) is 11.8. The fourth-order valence-corrected chi connectivity index (χ4v) is 4.15. The highest BCUT2D eigenvalue weighted by Crippen LogP contribution is 2.35. The van der Waals surface area contributed by atoms with E-state index in [1.54, 1.807) is 25.6 Å². The van der Waals surface area contributed by atoms with Crippen molar-refractivity contribution in [3.8, 4) is 5.75 Å². The maximum atomic E-state index is 11.3. The fraction of sp³-hybridized carbons (Fsp3) is 0.500. The summed E-state index contributed by atoms with van der Waals surface area (Å²) < 4.78 is 5.78. The van der Waals surface area contributed by atoms with E-state index in [4.69, 9.17) is 4.74 Å². The molecule has 0 bridgehead atoms. The minimum Gasteiger partial charge on any atom is -0.478 e. The second-order valence-corrected chi connectivity index (χ2v) is 10.5. The van der Waals surface area contributed by atoms with E-state index in [0.717, 1.165) is 48.2 Å². The van der Waals surface area contributed by atoms with Crippen LogP contribution in [-0.2, 0) is 4.79 Å². The molecule has 1 heterocycles. The maximum absolute atomic E-state index is 11.3. The van der Waals surface area contributed by atoms with Crippen LogP contribution in [0.1, 0.15) is 94.3 Å². The number of aryl methyl sites for hydroxylation is 2. The van der Waals surface area contributed by atoms with Gasteiger partial charge in [-0.25, -0.2) is 4.79 Å². The highest BCUT2D eigenvalue weighted by atomic mass is 32.2. The van der Waals surface area contributed by atoms with Gasteiger partial charge in [-0.05, 0) is 76.1 Å². The molecule has 6 heteroatoms. The van der Waals surface area contributed by atoms with E-state index in [-0.39, 0.29) is 0 Å². The largest absolute Gasteiger partial charge is 0.478 e. The molecule has 3 rings (SSSR count). The van der Waals surface area contributed by atoms with Crippen molar-refractivity contribution in [1.82, 2.24) is 4.90 Å². The number of benzene rings is 2. The second kappa shape index (κ2) is 17.7. The Morgan fingerprint density at radius 3 is 2.03 bits per heavy atom. The lowest BCUT2D eigenvalue weighted by atomic mass is 9.94. The van der Waals surface area contributed by atoms with E-state index in [2.05, 4.69) is 37.5 Å². The van der Waals surface area contributed by atoms with Gasteiger partial charge in [0, 0.05) is 35.2 Å². The van der Waals surface area contributed by atoms with Gasteiger partial charge in [0.05, 0.1) is 0 Å². The van der Waals surface area contributed by atoms with E-state index < -0.39 is 11.6 Å². The van der Waals surface area contributed by atoms with Crippen LogP contribution >= 0.6 is 11.8 Å². The van der Waals surface area contributed by atoms with Gasteiger partial charge in [0.15, 0.2) is 5.60 Å². The minimum absolute atomic E-state index is 0.491. The van der Waals surface area contributed by atoms with Crippen molar-refractivity contribution in [3.05, 3.63) is 70.9 Å². The van der Waals surface area contributed by atoms with Crippen LogP contribution in [0.4, 0.5) is 0 Å². The first kappa shape index (κ1) is 35.3. The van der Waals surface area contributed by atoms with Crippen molar-refractivity contribution in [2.45, 2.75) is 91.6 Å². The number of aliphatic carboxylic acids is 1. The third-order valence-corrected chi connectivity index (χ3v) is 6.55. The number of carbonyl (C=O) groups excluding carboxylic acids is 1. The molecule has 2 aromatic carbocycles. The number of carboxylic acid groups (broad SMARTS) is 1. The fourth-order valence-electron chi connectivity index (χ4n) is 3.74. The van der Waals surface area contributed by atoms with E-state index in [0.29, 0.717) is 11.7 Å². The lowest BCUT2D eigenvalue weighted by Gasteiger charge is -2.25. The summed E-state index contributed by atoms with van der Waals surface area (Å²) in [6.07, 6.45) is 5.23. The molecule has 1 aliphatic heterocycles. The van der Waals surface area contributed by atoms with Crippen molar-refractivity contribution >= 4 is 24.0 Å². The molecule has 1 aliphatic rings. The molecule has 0 aromatic heterocycles. The number of carboxylic acids is 1. The number of aldehydes is 1. The van der Waals surface area contributed by atoms with Crippen LogP contribution in [0, 0.1) is 13.8 Å². The number of rotatable bonds is 7. The zero-order valence-corrected chi connectivity index (χ0v) is 26.0. The molecular formula is C32H49NO4S. The van der Waals surface area contributed by atoms with Gasteiger partial charge < -0.3 is 14.7 Å². The summed E-state index contributed by atoms with van der Waals surface area (Å²) in [6.45, 7) is 23.5. The quantitative estimate of drug-likeness (QED) is 0.279. The number of nitrogens with zero attached hydrogens (tertiary/aromatic N) is 1. The van der Waals surface area contributed by atoms with Crippen molar-refractivity contribution in [2.24, 2.45) is 0 Å². The number of hydrogen-bond acceptors (Lipinski definition) is 5. The molecule has 0 amide bonds. The van der Waals surface area contributed by atoms with Gasteiger partial charge in [-0.15, -0.1) is 11.8 Å². The normalized spacial score (nSPS) is 14.1.